The SMILES string of the molecule is CC(C)C(=O)Nc1cn(C2OC(CO)C(O)C2(C)O)c2ncnc(N)c12. The molecule has 0 aliphatic carbocycles. The van der Waals surface area contributed by atoms with E-state index in [1.807, 2.05) is 0 Å². The van der Waals surface area contributed by atoms with Crippen molar-refractivity contribution in [3.05, 3.63) is 12.5 Å². The Kier molecular flexibility index (Phi) is 4.61. The Morgan fingerprint density at radius 2 is 2.19 bits per heavy atom. The third-order valence-corrected chi connectivity index (χ3v) is 4.61. The minimum atomic E-state index is -1.70. The van der Waals surface area contributed by atoms with Crippen LogP contribution >= 0.6 is 0 Å². The Hall–Kier alpha value is -2.27. The molecule has 142 valence electrons. The van der Waals surface area contributed by atoms with Crippen LogP contribution < -0.4 is 11.1 Å². The first-order chi connectivity index (χ1) is 12.2. The summed E-state index contributed by atoms with van der Waals surface area (Å²) in [6.07, 6.45) is -0.521. The molecule has 1 fully saturated rings. The van der Waals surface area contributed by atoms with Gasteiger partial charge in [-0.2, -0.15) is 0 Å². The van der Waals surface area contributed by atoms with E-state index >= 15 is 0 Å². The molecule has 3 heterocycles. The molecule has 0 saturated carbocycles. The number of rotatable bonds is 4. The summed E-state index contributed by atoms with van der Waals surface area (Å²) in [5.74, 6) is -0.324. The first-order valence-corrected chi connectivity index (χ1v) is 8.27. The first kappa shape index (κ1) is 18.5. The van der Waals surface area contributed by atoms with E-state index in [9.17, 15) is 20.1 Å². The zero-order valence-electron chi connectivity index (χ0n) is 14.7. The monoisotopic (exact) mass is 365 g/mol. The Morgan fingerprint density at radius 1 is 1.50 bits per heavy atom. The quantitative estimate of drug-likeness (QED) is 0.490. The summed E-state index contributed by atoms with van der Waals surface area (Å²) in [4.78, 5) is 20.3. The van der Waals surface area contributed by atoms with E-state index in [0.717, 1.165) is 0 Å². The van der Waals surface area contributed by atoms with Crippen molar-refractivity contribution in [3.63, 3.8) is 0 Å². The molecule has 2 aromatic rings. The Balaban J connectivity index is 2.13. The molecular weight excluding hydrogens is 342 g/mol. The molecule has 10 heteroatoms. The molecule has 3 rings (SSSR count). The van der Waals surface area contributed by atoms with E-state index in [2.05, 4.69) is 15.3 Å². The van der Waals surface area contributed by atoms with Crippen molar-refractivity contribution in [1.29, 1.82) is 0 Å². The maximum Gasteiger partial charge on any atom is 0.226 e. The molecule has 6 N–H and O–H groups in total. The van der Waals surface area contributed by atoms with Gasteiger partial charge in [-0.25, -0.2) is 9.97 Å². The minimum absolute atomic E-state index is 0.157. The number of carbonyl (C=O) groups is 1. The van der Waals surface area contributed by atoms with Gasteiger partial charge in [0.15, 0.2) is 6.23 Å². The van der Waals surface area contributed by atoms with Gasteiger partial charge >= 0.3 is 0 Å². The topological polar surface area (TPSA) is 156 Å². The van der Waals surface area contributed by atoms with Gasteiger partial charge in [-0.15, -0.1) is 0 Å². The number of nitrogen functional groups attached to an aromatic ring is 1. The molecule has 4 atom stereocenters. The predicted octanol–water partition coefficient (Wildman–Crippen LogP) is -0.390. The highest BCUT2D eigenvalue weighted by Crippen LogP contribution is 2.41. The van der Waals surface area contributed by atoms with Crippen LogP contribution in [0.25, 0.3) is 11.0 Å². The zero-order chi connectivity index (χ0) is 19.2. The van der Waals surface area contributed by atoms with Gasteiger partial charge in [0.1, 0.15) is 35.6 Å². The average Bonchev–Trinajstić information content (AvgIpc) is 3.04. The number of nitrogens with two attached hydrogens (primary N) is 1. The molecule has 26 heavy (non-hydrogen) atoms. The molecule has 0 radical (unpaired) electrons. The molecule has 0 bridgehead atoms. The van der Waals surface area contributed by atoms with Crippen LogP contribution in [0.15, 0.2) is 12.5 Å². The van der Waals surface area contributed by atoms with Crippen molar-refractivity contribution >= 4 is 28.4 Å². The van der Waals surface area contributed by atoms with Crippen molar-refractivity contribution in [2.45, 2.75) is 44.8 Å². The standard InChI is InChI=1S/C16H23N5O5/c1-7(2)14(24)20-8-4-21(13-10(8)12(17)18-6-19-13)15-16(3,25)11(23)9(5-22)26-15/h4,6-7,9,11,15,22-23,25H,5H2,1-3H3,(H,20,24)(H2,17,18,19). The third-order valence-electron chi connectivity index (χ3n) is 4.61. The summed E-state index contributed by atoms with van der Waals surface area (Å²) < 4.78 is 7.11. The number of ether oxygens (including phenoxy) is 1. The first-order valence-electron chi connectivity index (χ1n) is 8.27. The summed E-state index contributed by atoms with van der Waals surface area (Å²) in [7, 11) is 0. The second-order valence-corrected chi connectivity index (χ2v) is 6.93. The molecule has 0 spiro atoms. The lowest BCUT2D eigenvalue weighted by Gasteiger charge is -2.27. The molecule has 1 saturated heterocycles. The number of hydrogen-bond acceptors (Lipinski definition) is 8. The van der Waals surface area contributed by atoms with Crippen LogP contribution in [0.2, 0.25) is 0 Å². The van der Waals surface area contributed by atoms with Crippen LogP contribution in [0.3, 0.4) is 0 Å². The van der Waals surface area contributed by atoms with Crippen molar-refractivity contribution in [2.75, 3.05) is 17.7 Å². The van der Waals surface area contributed by atoms with Crippen molar-refractivity contribution in [1.82, 2.24) is 14.5 Å². The fourth-order valence-corrected chi connectivity index (χ4v) is 3.05. The summed E-state index contributed by atoms with van der Waals surface area (Å²) in [6, 6.07) is 0. The second kappa shape index (κ2) is 6.47. The molecule has 0 aromatic carbocycles. The van der Waals surface area contributed by atoms with Crippen molar-refractivity contribution in [2.24, 2.45) is 5.92 Å². The second-order valence-electron chi connectivity index (χ2n) is 6.93. The molecule has 1 aliphatic rings. The summed E-state index contributed by atoms with van der Waals surface area (Å²) in [6.45, 7) is 4.45. The summed E-state index contributed by atoms with van der Waals surface area (Å²) in [5, 5.41) is 33.5. The smallest absolute Gasteiger partial charge is 0.226 e. The van der Waals surface area contributed by atoms with Gasteiger partial charge in [0.25, 0.3) is 0 Å². The number of hydrogen-bond donors (Lipinski definition) is 5. The van der Waals surface area contributed by atoms with Gasteiger partial charge in [-0.05, 0) is 6.92 Å². The van der Waals surface area contributed by atoms with Crippen molar-refractivity contribution < 1.29 is 24.9 Å². The molecule has 10 nitrogen and oxygen atoms in total. The fourth-order valence-electron chi connectivity index (χ4n) is 3.05. The van der Waals surface area contributed by atoms with Crippen LogP contribution in [0.1, 0.15) is 27.0 Å². The van der Waals surface area contributed by atoms with Gasteiger partial charge in [0, 0.05) is 12.1 Å². The van der Waals surface area contributed by atoms with E-state index in [1.165, 1.54) is 24.0 Å². The van der Waals surface area contributed by atoms with Gasteiger partial charge in [0.2, 0.25) is 5.91 Å². The number of nitrogens with zero attached hydrogens (tertiary/aromatic N) is 3. The molecule has 1 amide bonds. The summed E-state index contributed by atoms with van der Waals surface area (Å²) in [5.41, 5.74) is 4.96. The van der Waals surface area contributed by atoms with Crippen LogP contribution in [-0.2, 0) is 9.53 Å². The number of nitrogens with one attached hydrogen (secondary N) is 1. The van der Waals surface area contributed by atoms with Gasteiger partial charge in [0.05, 0.1) is 17.7 Å². The molecule has 1 aliphatic heterocycles. The number of aliphatic hydroxyl groups is 3. The highest BCUT2D eigenvalue weighted by atomic mass is 16.6. The Bertz CT molecular complexity index is 834. The third kappa shape index (κ3) is 2.80. The Labute approximate surface area is 149 Å². The Morgan fingerprint density at radius 3 is 2.77 bits per heavy atom. The largest absolute Gasteiger partial charge is 0.394 e. The number of amides is 1. The summed E-state index contributed by atoms with van der Waals surface area (Å²) >= 11 is 0. The predicted molar refractivity (Wildman–Crippen MR) is 93.0 cm³/mol. The fraction of sp³-hybridized carbons (Fsp3) is 0.562. The van der Waals surface area contributed by atoms with Gasteiger partial charge in [-0.3, -0.25) is 4.79 Å². The maximum atomic E-state index is 12.1. The van der Waals surface area contributed by atoms with Crippen molar-refractivity contribution in [3.8, 4) is 0 Å². The maximum absolute atomic E-state index is 12.1. The van der Waals surface area contributed by atoms with Crippen LogP contribution in [0, 0.1) is 5.92 Å². The molecule has 4 unspecified atom stereocenters. The number of aliphatic hydroxyl groups excluding tert-OH is 2. The number of aromatic nitrogens is 3. The molecular formula is C16H23N5O5. The van der Waals surface area contributed by atoms with Crippen LogP contribution in [0.5, 0.6) is 0 Å². The zero-order valence-corrected chi connectivity index (χ0v) is 14.7. The lowest BCUT2D eigenvalue weighted by Crippen LogP contribution is -2.44. The van der Waals surface area contributed by atoms with Gasteiger partial charge < -0.3 is 35.7 Å². The van der Waals surface area contributed by atoms with Gasteiger partial charge in [-0.1, -0.05) is 13.8 Å². The number of fused-ring (bicyclic) bond motifs is 1. The van der Waals surface area contributed by atoms with E-state index in [1.54, 1.807) is 13.8 Å². The molecule has 2 aromatic heterocycles. The highest BCUT2D eigenvalue weighted by molar-refractivity contribution is 6.05. The highest BCUT2D eigenvalue weighted by Gasteiger charge is 2.53. The minimum Gasteiger partial charge on any atom is -0.394 e. The normalized spacial score (nSPS) is 28.8. The van der Waals surface area contributed by atoms with E-state index in [4.69, 9.17) is 10.5 Å². The van der Waals surface area contributed by atoms with Crippen LogP contribution in [0.4, 0.5) is 11.5 Å². The number of anilines is 2. The average molecular weight is 365 g/mol. The van der Waals surface area contributed by atoms with E-state index < -0.39 is 30.6 Å². The lowest BCUT2D eigenvalue weighted by molar-refractivity contribution is -0.118. The van der Waals surface area contributed by atoms with E-state index in [-0.39, 0.29) is 17.6 Å². The van der Waals surface area contributed by atoms with E-state index in [0.29, 0.717) is 16.7 Å². The van der Waals surface area contributed by atoms with Crippen LogP contribution in [-0.4, -0.2) is 60.2 Å². The number of carbonyl (C=O) groups excluding carboxylic acids is 1. The lowest BCUT2D eigenvalue weighted by atomic mass is 9.96.